The molecule has 0 amide bonds. The molecule has 0 saturated carbocycles. The topological polar surface area (TPSA) is 42.4 Å². The molecule has 0 saturated heterocycles. The molecule has 1 aromatic carbocycles. The number of benzene rings is 1. The second-order valence-electron chi connectivity index (χ2n) is 3.61. The molecule has 0 aliphatic rings. The van der Waals surface area contributed by atoms with E-state index in [1.54, 1.807) is 30.0 Å². The molecule has 90 valence electrons. The standard InChI is InChI=1S/C12H12BrNO2S/c1-8(15)11-3-2-9(13)4-12(11)16-6-10-5-14-7-17-10/h2-5,7-8,15H,6H2,1H3/t8-/m0/s1. The first-order chi connectivity index (χ1) is 8.16. The summed E-state index contributed by atoms with van der Waals surface area (Å²) in [4.78, 5) is 5.05. The average molecular weight is 314 g/mol. The summed E-state index contributed by atoms with van der Waals surface area (Å²) in [6.07, 6.45) is 1.24. The van der Waals surface area contributed by atoms with Crippen LogP contribution in [0.2, 0.25) is 0 Å². The highest BCUT2D eigenvalue weighted by Crippen LogP contribution is 2.29. The lowest BCUT2D eigenvalue weighted by Crippen LogP contribution is -2.00. The van der Waals surface area contributed by atoms with Gasteiger partial charge in [0.25, 0.3) is 0 Å². The molecule has 0 aliphatic heterocycles. The third-order valence-corrected chi connectivity index (χ3v) is 3.53. The molecule has 2 rings (SSSR count). The van der Waals surface area contributed by atoms with Gasteiger partial charge >= 0.3 is 0 Å². The lowest BCUT2D eigenvalue weighted by atomic mass is 10.1. The first kappa shape index (κ1) is 12.5. The van der Waals surface area contributed by atoms with Crippen LogP contribution in [0.3, 0.4) is 0 Å². The molecule has 5 heteroatoms. The van der Waals surface area contributed by atoms with E-state index in [2.05, 4.69) is 20.9 Å². The second-order valence-corrected chi connectivity index (χ2v) is 5.50. The minimum absolute atomic E-state index is 0.473. The summed E-state index contributed by atoms with van der Waals surface area (Å²) < 4.78 is 6.64. The fraction of sp³-hybridized carbons (Fsp3) is 0.250. The quantitative estimate of drug-likeness (QED) is 0.938. The maximum atomic E-state index is 9.65. The van der Waals surface area contributed by atoms with Gasteiger partial charge in [-0.3, -0.25) is 4.98 Å². The van der Waals surface area contributed by atoms with Gasteiger partial charge in [0.05, 0.1) is 16.5 Å². The van der Waals surface area contributed by atoms with E-state index in [1.165, 1.54) is 0 Å². The zero-order valence-electron chi connectivity index (χ0n) is 9.26. The van der Waals surface area contributed by atoms with E-state index >= 15 is 0 Å². The highest BCUT2D eigenvalue weighted by molar-refractivity contribution is 9.10. The molecule has 0 unspecified atom stereocenters. The first-order valence-electron chi connectivity index (χ1n) is 5.14. The number of nitrogens with zero attached hydrogens (tertiary/aromatic N) is 1. The maximum Gasteiger partial charge on any atom is 0.126 e. The van der Waals surface area contributed by atoms with E-state index in [-0.39, 0.29) is 0 Å². The Bertz CT molecular complexity index is 485. The molecule has 0 bridgehead atoms. The normalized spacial score (nSPS) is 12.4. The number of aliphatic hydroxyl groups is 1. The Kier molecular flexibility index (Phi) is 4.15. The van der Waals surface area contributed by atoms with Gasteiger partial charge < -0.3 is 9.84 Å². The molecule has 1 aromatic heterocycles. The summed E-state index contributed by atoms with van der Waals surface area (Å²) in [5, 5.41) is 9.65. The fourth-order valence-corrected chi connectivity index (χ4v) is 2.29. The second kappa shape index (κ2) is 5.62. The molecule has 3 nitrogen and oxygen atoms in total. The predicted octanol–water partition coefficient (Wildman–Crippen LogP) is 3.54. The van der Waals surface area contributed by atoms with Crippen LogP contribution in [-0.4, -0.2) is 10.1 Å². The van der Waals surface area contributed by atoms with Crippen molar-refractivity contribution in [3.63, 3.8) is 0 Å². The monoisotopic (exact) mass is 313 g/mol. The summed E-state index contributed by atoms with van der Waals surface area (Å²) >= 11 is 4.94. The van der Waals surface area contributed by atoms with Crippen LogP contribution in [0.1, 0.15) is 23.5 Å². The maximum absolute atomic E-state index is 9.65. The van der Waals surface area contributed by atoms with Gasteiger partial charge in [-0.25, -0.2) is 0 Å². The summed E-state index contributed by atoms with van der Waals surface area (Å²) in [7, 11) is 0. The average Bonchev–Trinajstić information content (AvgIpc) is 2.78. The Balaban J connectivity index is 2.16. The lowest BCUT2D eigenvalue weighted by molar-refractivity contribution is 0.190. The number of hydrogen-bond donors (Lipinski definition) is 1. The van der Waals surface area contributed by atoms with Crippen molar-refractivity contribution in [1.82, 2.24) is 4.98 Å². The molecule has 0 radical (unpaired) electrons. The van der Waals surface area contributed by atoms with Crippen LogP contribution in [-0.2, 0) is 6.61 Å². The number of rotatable bonds is 4. The van der Waals surface area contributed by atoms with Gasteiger partial charge in [-0.15, -0.1) is 11.3 Å². The van der Waals surface area contributed by atoms with Gasteiger partial charge in [-0.2, -0.15) is 0 Å². The minimum Gasteiger partial charge on any atom is -0.488 e. The Labute approximate surface area is 112 Å². The Morgan fingerprint density at radius 2 is 2.35 bits per heavy atom. The van der Waals surface area contributed by atoms with Gasteiger partial charge in [0.2, 0.25) is 0 Å². The van der Waals surface area contributed by atoms with Gasteiger partial charge in [-0.1, -0.05) is 22.0 Å². The highest BCUT2D eigenvalue weighted by atomic mass is 79.9. The lowest BCUT2D eigenvalue weighted by Gasteiger charge is -2.13. The summed E-state index contributed by atoms with van der Waals surface area (Å²) in [5.41, 5.74) is 2.56. The van der Waals surface area contributed by atoms with E-state index in [0.29, 0.717) is 12.4 Å². The van der Waals surface area contributed by atoms with Crippen molar-refractivity contribution in [3.05, 3.63) is 44.8 Å². The molecule has 2 aromatic rings. The van der Waals surface area contributed by atoms with Crippen molar-refractivity contribution in [2.75, 3.05) is 0 Å². The zero-order valence-corrected chi connectivity index (χ0v) is 11.7. The van der Waals surface area contributed by atoms with Crippen molar-refractivity contribution < 1.29 is 9.84 Å². The smallest absolute Gasteiger partial charge is 0.126 e. The molecule has 1 heterocycles. The van der Waals surface area contributed by atoms with Crippen LogP contribution >= 0.6 is 27.3 Å². The fourth-order valence-electron chi connectivity index (χ4n) is 1.44. The molecule has 0 aliphatic carbocycles. The molecular formula is C12H12BrNO2S. The van der Waals surface area contributed by atoms with Crippen molar-refractivity contribution in [3.8, 4) is 5.75 Å². The van der Waals surface area contributed by atoms with Crippen molar-refractivity contribution in [2.45, 2.75) is 19.6 Å². The predicted molar refractivity (Wildman–Crippen MR) is 71.2 cm³/mol. The highest BCUT2D eigenvalue weighted by Gasteiger charge is 2.10. The van der Waals surface area contributed by atoms with E-state index in [1.807, 2.05) is 18.2 Å². The first-order valence-corrected chi connectivity index (χ1v) is 6.82. The third-order valence-electron chi connectivity index (χ3n) is 2.28. The van der Waals surface area contributed by atoms with E-state index < -0.39 is 6.10 Å². The zero-order chi connectivity index (χ0) is 12.3. The van der Waals surface area contributed by atoms with Gasteiger partial charge in [-0.05, 0) is 19.1 Å². The van der Waals surface area contributed by atoms with Crippen LogP contribution in [0.4, 0.5) is 0 Å². The van der Waals surface area contributed by atoms with Crippen molar-refractivity contribution in [2.24, 2.45) is 0 Å². The van der Waals surface area contributed by atoms with Gasteiger partial charge in [0, 0.05) is 16.2 Å². The third kappa shape index (κ3) is 3.28. The number of aromatic nitrogens is 1. The Morgan fingerprint density at radius 3 is 3.00 bits per heavy atom. The SMILES string of the molecule is C[C@H](O)c1ccc(Br)cc1OCc1cncs1. The van der Waals surface area contributed by atoms with Crippen molar-refractivity contribution in [1.29, 1.82) is 0 Å². The number of ether oxygens (including phenoxy) is 1. The molecular weight excluding hydrogens is 302 g/mol. The molecule has 17 heavy (non-hydrogen) atoms. The van der Waals surface area contributed by atoms with E-state index in [9.17, 15) is 5.11 Å². The van der Waals surface area contributed by atoms with Crippen molar-refractivity contribution >= 4 is 27.3 Å². The number of hydrogen-bond acceptors (Lipinski definition) is 4. The van der Waals surface area contributed by atoms with Crippen LogP contribution in [0.5, 0.6) is 5.75 Å². The van der Waals surface area contributed by atoms with Crippen LogP contribution in [0.25, 0.3) is 0 Å². The summed E-state index contributed by atoms with van der Waals surface area (Å²) in [6.45, 7) is 2.20. The summed E-state index contributed by atoms with van der Waals surface area (Å²) in [6, 6.07) is 5.61. The van der Waals surface area contributed by atoms with Crippen LogP contribution in [0, 0.1) is 0 Å². The van der Waals surface area contributed by atoms with Gasteiger partial charge in [0.15, 0.2) is 0 Å². The van der Waals surface area contributed by atoms with E-state index in [0.717, 1.165) is 14.9 Å². The van der Waals surface area contributed by atoms with Gasteiger partial charge in [0.1, 0.15) is 12.4 Å². The molecule has 0 spiro atoms. The number of halogens is 1. The largest absolute Gasteiger partial charge is 0.488 e. The summed E-state index contributed by atoms with van der Waals surface area (Å²) in [5.74, 6) is 0.697. The molecule has 1 atom stereocenters. The molecule has 1 N–H and O–H groups in total. The number of aliphatic hydroxyl groups excluding tert-OH is 1. The molecule has 0 fully saturated rings. The Morgan fingerprint density at radius 1 is 1.53 bits per heavy atom. The minimum atomic E-state index is -0.542. The van der Waals surface area contributed by atoms with Crippen LogP contribution in [0.15, 0.2) is 34.4 Å². The van der Waals surface area contributed by atoms with E-state index in [4.69, 9.17) is 4.74 Å². The van der Waals surface area contributed by atoms with Crippen LogP contribution < -0.4 is 4.74 Å². The number of thiazole rings is 1. The Hall–Kier alpha value is -0.910.